The number of aromatic nitrogens is 1. The van der Waals surface area contributed by atoms with Crippen LogP contribution >= 0.6 is 22.9 Å². The number of anilines is 1. The van der Waals surface area contributed by atoms with Crippen LogP contribution in [0.25, 0.3) is 16.0 Å². The van der Waals surface area contributed by atoms with Crippen LogP contribution in [-0.4, -0.2) is 35.0 Å². The zero-order chi connectivity index (χ0) is 26.1. The second-order valence-corrected chi connectivity index (χ2v) is 9.68. The summed E-state index contributed by atoms with van der Waals surface area (Å²) in [7, 11) is 0. The lowest BCUT2D eigenvalue weighted by Gasteiger charge is -2.23. The topological polar surface area (TPSA) is 89.0 Å². The summed E-state index contributed by atoms with van der Waals surface area (Å²) in [4.78, 5) is 32.8. The number of thiazole rings is 1. The summed E-state index contributed by atoms with van der Waals surface area (Å²) < 4.78 is 11.9. The van der Waals surface area contributed by atoms with Crippen molar-refractivity contribution in [3.8, 4) is 11.5 Å². The third-order valence-electron chi connectivity index (χ3n) is 5.93. The fourth-order valence-electron chi connectivity index (χ4n) is 4.27. The molecule has 0 bridgehead atoms. The first-order chi connectivity index (χ1) is 17.9. The molecule has 5 rings (SSSR count). The molecule has 0 saturated carbocycles. The van der Waals surface area contributed by atoms with Gasteiger partial charge in [-0.25, -0.2) is 4.98 Å². The lowest BCUT2D eigenvalue weighted by molar-refractivity contribution is -0.132. The number of amides is 1. The first kappa shape index (κ1) is 24.8. The van der Waals surface area contributed by atoms with Crippen LogP contribution in [0.2, 0.25) is 5.02 Å². The van der Waals surface area contributed by atoms with E-state index in [0.29, 0.717) is 51.5 Å². The first-order valence-corrected chi connectivity index (χ1v) is 12.9. The van der Waals surface area contributed by atoms with Crippen LogP contribution < -0.4 is 14.4 Å². The van der Waals surface area contributed by atoms with Crippen molar-refractivity contribution in [2.45, 2.75) is 19.9 Å². The van der Waals surface area contributed by atoms with Gasteiger partial charge in [-0.3, -0.25) is 14.5 Å². The van der Waals surface area contributed by atoms with Crippen LogP contribution in [0.3, 0.4) is 0 Å². The van der Waals surface area contributed by atoms with Gasteiger partial charge in [-0.15, -0.1) is 0 Å². The predicted molar refractivity (Wildman–Crippen MR) is 145 cm³/mol. The van der Waals surface area contributed by atoms with Crippen molar-refractivity contribution in [1.82, 2.24) is 4.98 Å². The largest absolute Gasteiger partial charge is 0.507 e. The maximum atomic E-state index is 13.4. The van der Waals surface area contributed by atoms with Gasteiger partial charge in [0.25, 0.3) is 5.78 Å². The Labute approximate surface area is 222 Å². The highest BCUT2D eigenvalue weighted by atomic mass is 35.5. The van der Waals surface area contributed by atoms with Crippen LogP contribution in [0.4, 0.5) is 5.13 Å². The number of rotatable bonds is 7. The minimum atomic E-state index is -0.893. The van der Waals surface area contributed by atoms with E-state index in [-0.39, 0.29) is 11.3 Å². The van der Waals surface area contributed by atoms with Gasteiger partial charge in [-0.05, 0) is 74.0 Å². The molecule has 1 amide bonds. The SMILES string of the molecule is CCOc1ccc(C(O)=C2C(=O)C(=O)N(c3nc4ccc(OCC)cc4s3)C2c2ccc(Cl)cc2)cc1. The molecule has 2 heterocycles. The highest BCUT2D eigenvalue weighted by Crippen LogP contribution is 2.44. The molecule has 0 radical (unpaired) electrons. The molecular weight excluding hydrogens is 512 g/mol. The Balaban J connectivity index is 1.65. The molecule has 37 heavy (non-hydrogen) atoms. The van der Waals surface area contributed by atoms with E-state index >= 15 is 0 Å². The van der Waals surface area contributed by atoms with Gasteiger partial charge in [0.1, 0.15) is 17.3 Å². The first-order valence-electron chi connectivity index (χ1n) is 11.7. The van der Waals surface area contributed by atoms with Gasteiger partial charge in [-0.2, -0.15) is 0 Å². The highest BCUT2D eigenvalue weighted by molar-refractivity contribution is 7.22. The van der Waals surface area contributed by atoms with Crippen molar-refractivity contribution in [3.05, 3.63) is 88.5 Å². The molecule has 1 atom stereocenters. The molecule has 4 aromatic rings. The number of carbonyl (C=O) groups excluding carboxylic acids is 2. The van der Waals surface area contributed by atoms with Crippen molar-refractivity contribution in [3.63, 3.8) is 0 Å². The van der Waals surface area contributed by atoms with Gasteiger partial charge in [0.15, 0.2) is 5.13 Å². The molecule has 0 aliphatic carbocycles. The average Bonchev–Trinajstić information content (AvgIpc) is 3.43. The number of hydrogen-bond donors (Lipinski definition) is 1. The van der Waals surface area contributed by atoms with Gasteiger partial charge in [0, 0.05) is 10.6 Å². The molecule has 188 valence electrons. The van der Waals surface area contributed by atoms with Gasteiger partial charge in [0.2, 0.25) is 0 Å². The Kier molecular flexibility index (Phi) is 6.86. The average molecular weight is 535 g/mol. The lowest BCUT2D eigenvalue weighted by Crippen LogP contribution is -2.29. The van der Waals surface area contributed by atoms with Crippen molar-refractivity contribution < 1.29 is 24.2 Å². The van der Waals surface area contributed by atoms with Crippen molar-refractivity contribution in [2.24, 2.45) is 0 Å². The van der Waals surface area contributed by atoms with E-state index in [0.717, 1.165) is 4.70 Å². The predicted octanol–water partition coefficient (Wildman–Crippen LogP) is 6.37. The zero-order valence-electron chi connectivity index (χ0n) is 20.1. The molecule has 1 aromatic heterocycles. The zero-order valence-corrected chi connectivity index (χ0v) is 21.7. The molecular formula is C28H23ClN2O5S. The number of ketones is 1. The second kappa shape index (κ2) is 10.2. The molecule has 3 aromatic carbocycles. The molecule has 1 aliphatic heterocycles. The number of hydrogen-bond acceptors (Lipinski definition) is 7. The summed E-state index contributed by atoms with van der Waals surface area (Å²) in [6, 6.07) is 18.1. The maximum Gasteiger partial charge on any atom is 0.301 e. The van der Waals surface area contributed by atoms with E-state index in [4.69, 9.17) is 21.1 Å². The van der Waals surface area contributed by atoms with E-state index in [1.807, 2.05) is 32.0 Å². The molecule has 1 fully saturated rings. The fraction of sp³-hybridized carbons (Fsp3) is 0.179. The van der Waals surface area contributed by atoms with E-state index in [1.165, 1.54) is 16.2 Å². The van der Waals surface area contributed by atoms with Crippen molar-refractivity contribution in [1.29, 1.82) is 0 Å². The molecule has 9 heteroatoms. The van der Waals surface area contributed by atoms with Gasteiger partial charge >= 0.3 is 5.91 Å². The number of fused-ring (bicyclic) bond motifs is 1. The third kappa shape index (κ3) is 4.65. The van der Waals surface area contributed by atoms with Gasteiger partial charge < -0.3 is 14.6 Å². The smallest absolute Gasteiger partial charge is 0.301 e. The van der Waals surface area contributed by atoms with Crippen LogP contribution in [-0.2, 0) is 9.59 Å². The Bertz CT molecular complexity index is 1510. The fourth-order valence-corrected chi connectivity index (χ4v) is 5.42. The lowest BCUT2D eigenvalue weighted by atomic mass is 9.95. The van der Waals surface area contributed by atoms with E-state index < -0.39 is 17.7 Å². The molecule has 1 saturated heterocycles. The number of benzene rings is 3. The summed E-state index contributed by atoms with van der Waals surface area (Å²) in [5.74, 6) is -0.507. The monoisotopic (exact) mass is 534 g/mol. The van der Waals surface area contributed by atoms with Crippen LogP contribution in [0.15, 0.2) is 72.3 Å². The number of Topliss-reactive ketones (excluding diaryl/α,β-unsaturated/α-hetero) is 1. The molecule has 1 N–H and O–H groups in total. The van der Waals surface area contributed by atoms with Crippen molar-refractivity contribution >= 4 is 55.7 Å². The van der Waals surface area contributed by atoms with E-state index in [2.05, 4.69) is 4.98 Å². The number of halogens is 1. The number of carbonyl (C=O) groups is 2. The van der Waals surface area contributed by atoms with Crippen LogP contribution in [0.5, 0.6) is 11.5 Å². The maximum absolute atomic E-state index is 13.4. The Morgan fingerprint density at radius 3 is 2.30 bits per heavy atom. The second-order valence-electron chi connectivity index (χ2n) is 8.24. The minimum Gasteiger partial charge on any atom is -0.507 e. The Hall–Kier alpha value is -3.88. The third-order valence-corrected chi connectivity index (χ3v) is 7.20. The van der Waals surface area contributed by atoms with E-state index in [1.54, 1.807) is 48.5 Å². The number of aliphatic hydroxyl groups excluding tert-OH is 1. The standard InChI is InChI=1S/C28H23ClN2O5S/c1-3-35-19-11-7-17(8-12-19)25(32)23-24(16-5-9-18(29)10-6-16)31(27(34)26(23)33)28-30-21-14-13-20(36-4-2)15-22(21)37-28/h5-15,24,32H,3-4H2,1-2H3. The van der Waals surface area contributed by atoms with Gasteiger partial charge in [-0.1, -0.05) is 35.1 Å². The normalized spacial score (nSPS) is 16.9. The minimum absolute atomic E-state index is 0.0225. The Morgan fingerprint density at radius 2 is 1.62 bits per heavy atom. The summed E-state index contributed by atoms with van der Waals surface area (Å²) >= 11 is 7.39. The molecule has 1 unspecified atom stereocenters. The van der Waals surface area contributed by atoms with Crippen molar-refractivity contribution in [2.75, 3.05) is 18.1 Å². The quantitative estimate of drug-likeness (QED) is 0.168. The molecule has 1 aliphatic rings. The summed E-state index contributed by atoms with van der Waals surface area (Å²) in [6.45, 7) is 4.80. The Morgan fingerprint density at radius 1 is 0.973 bits per heavy atom. The van der Waals surface area contributed by atoms with Crippen LogP contribution in [0, 0.1) is 0 Å². The number of nitrogens with zero attached hydrogens (tertiary/aromatic N) is 2. The highest BCUT2D eigenvalue weighted by Gasteiger charge is 2.48. The summed E-state index contributed by atoms with van der Waals surface area (Å²) in [5.41, 5.74) is 1.66. The van der Waals surface area contributed by atoms with Gasteiger partial charge in [0.05, 0.1) is 35.0 Å². The molecule has 0 spiro atoms. The van der Waals surface area contributed by atoms with Crippen LogP contribution in [0.1, 0.15) is 31.0 Å². The van der Waals surface area contributed by atoms with E-state index in [9.17, 15) is 14.7 Å². The number of aliphatic hydroxyl groups is 1. The summed E-state index contributed by atoms with van der Waals surface area (Å²) in [6.07, 6.45) is 0. The number of ether oxygens (including phenoxy) is 2. The summed E-state index contributed by atoms with van der Waals surface area (Å²) in [5, 5.41) is 12.1. The molecule has 7 nitrogen and oxygen atoms in total.